The van der Waals surface area contributed by atoms with Crippen molar-refractivity contribution in [2.45, 2.75) is 0 Å². The molecule has 0 radical (unpaired) electrons. The van der Waals surface area contributed by atoms with Gasteiger partial charge in [0, 0.05) is 0 Å². The number of furan rings is 1. The van der Waals surface area contributed by atoms with E-state index < -0.39 is 275 Å². The number of rotatable bonds is 9. The third kappa shape index (κ3) is 7.14. The van der Waals surface area contributed by atoms with Crippen LogP contribution in [0.4, 0.5) is 0 Å². The van der Waals surface area contributed by atoms with Crippen molar-refractivity contribution < 1.29 is 42.8 Å². The minimum atomic E-state index is -6.27. The maximum absolute atomic E-state index is 11.1. The van der Waals surface area contributed by atoms with Gasteiger partial charge in [0.1, 0.15) is 0 Å². The molecule has 83 heavy (non-hydrogen) atoms. The number of hydrogen-bond donors (Lipinski definition) is 0. The van der Waals surface area contributed by atoms with Crippen molar-refractivity contribution in [3.63, 3.8) is 0 Å². The number of aromatic nitrogens is 6. The second-order valence-electron chi connectivity index (χ2n) is 19.3. The molecule has 7 nitrogen and oxygen atoms in total. The first-order chi connectivity index (χ1) is 52.8. The van der Waals surface area contributed by atoms with Gasteiger partial charge in [-0.25, -0.2) is 0 Å². The van der Waals surface area contributed by atoms with Crippen LogP contribution in [0.1, 0.15) is 38.4 Å². The van der Waals surface area contributed by atoms with Gasteiger partial charge in [-0.1, -0.05) is 30.3 Å². The van der Waals surface area contributed by atoms with E-state index in [9.17, 15) is 27.4 Å². The molecule has 17 rings (SSSR count). The Morgan fingerprint density at radius 1 is 0.349 bits per heavy atom. The first kappa shape index (κ1) is 27.2. The first-order valence-electron chi connectivity index (χ1n) is 39.9. The van der Waals surface area contributed by atoms with Crippen molar-refractivity contribution in [3.05, 3.63) is 291 Å². The molecule has 0 N–H and O–H groups in total. The van der Waals surface area contributed by atoms with Crippen LogP contribution in [-0.2, 0) is 0 Å². The Kier molecular flexibility index (Phi) is 6.15. The second kappa shape index (κ2) is 18.7. The Morgan fingerprint density at radius 3 is 1.57 bits per heavy atom. The molecule has 0 aliphatic heterocycles. The molecule has 0 atom stereocenters. The van der Waals surface area contributed by atoms with Crippen LogP contribution < -0.4 is 17.6 Å². The molecule has 0 fully saturated rings. The van der Waals surface area contributed by atoms with E-state index in [2.05, 4.69) is 0 Å². The first-order valence-corrected chi connectivity index (χ1v) is 30.1. The molecule has 0 bridgehead atoms. The SMILES string of the molecule is [2H]c1c([2H])c([2H])c(-n2c3c([2H])c([2H])c([2H])c([2H])c3c3c([2H])c([2H])c([2H])c([2H])c32)c(-c2nc(-c3c([2H])c([2H])c([2H])[c]([Ge]([c]4ccccc4)([c]4ccccc4)[c]4c([2H])c([2H])c([2H])c(-n5c6c([2H])c([2H])c([2H])c([2H])c6c6c([2H])c([2H])c([2H])c([2H])c65)c4[2H])c3[2H])nc(-n3c4ccccc4c4c5oc6ccccc6c5ccc43)n2)c1[2H]. The Bertz CT molecular complexity index is 6950. The summed E-state index contributed by atoms with van der Waals surface area (Å²) in [6.07, 6.45) is 0. The summed E-state index contributed by atoms with van der Waals surface area (Å²) in [5.74, 6) is -1.95. The summed E-state index contributed by atoms with van der Waals surface area (Å²) in [5, 5.41) is 0.609. The van der Waals surface area contributed by atoms with E-state index in [0.717, 1.165) is 14.5 Å². The van der Waals surface area contributed by atoms with Gasteiger partial charge in [-0.05, 0) is 6.07 Å². The molecule has 0 aliphatic rings. The molecule has 12 aromatic carbocycles. The van der Waals surface area contributed by atoms with E-state index in [-0.39, 0.29) is 8.79 Å². The van der Waals surface area contributed by atoms with E-state index >= 15 is 0 Å². The number of fused-ring (bicyclic) bond motifs is 13. The van der Waals surface area contributed by atoms with Gasteiger partial charge in [0.15, 0.2) is 0 Å². The Labute approximate surface area is 518 Å². The van der Waals surface area contributed by atoms with Gasteiger partial charge in [-0.3, -0.25) is 0 Å². The molecular formula is C75H48GeN6O. The van der Waals surface area contributed by atoms with Crippen molar-refractivity contribution in [3.8, 4) is 40.1 Å². The quantitative estimate of drug-likeness (QED) is 0.135. The topological polar surface area (TPSA) is 66.6 Å². The maximum atomic E-state index is 11.1. The standard InChI is InChI=1S/C75H48GeN6O/c1-3-24-50(25-4-1)76(51-26-5-2-6-27-51,53-29-22-30-54(48-53)80-63-38-14-7-31-55(63)56-32-8-15-39-64(56)80)52-28-21-23-49(47-52)73-77-74(62-37-12-19-43-68(62)81-65-40-16-9-33-57(65)58-34-10-17-41-66(58)81)79-75(78-73)82-67-42-18-11-36-61(67)71-69(82)46-45-60-59-35-13-20-44-70(59)83-72(60)71/h1-48H/i7D,8D,9D,10D,12D,14D,15D,16D,17D,19D,21D,22D,23D,28D,29D,30D,31D,32D,33D,34D,37D,38D,39D,40D,41D,43D,47D,48D. The van der Waals surface area contributed by atoms with Crippen molar-refractivity contribution >= 4 is 118 Å². The van der Waals surface area contributed by atoms with Gasteiger partial charge >= 0.3 is 476 Å². The van der Waals surface area contributed by atoms with Gasteiger partial charge in [-0.2, -0.15) is 0 Å². The van der Waals surface area contributed by atoms with Crippen molar-refractivity contribution in [1.29, 1.82) is 0 Å². The van der Waals surface area contributed by atoms with Crippen molar-refractivity contribution in [1.82, 2.24) is 28.7 Å². The number of hydrogen-bond acceptors (Lipinski definition) is 4. The fourth-order valence-electron chi connectivity index (χ4n) is 11.6. The van der Waals surface area contributed by atoms with E-state index in [1.807, 2.05) is 12.1 Å². The molecule has 17 aromatic rings. The third-order valence-corrected chi connectivity index (χ3v) is 24.3. The molecule has 0 unspecified atom stereocenters. The summed E-state index contributed by atoms with van der Waals surface area (Å²) in [6, 6.07) is 9.33. The van der Waals surface area contributed by atoms with E-state index in [1.165, 1.54) is 4.57 Å². The molecule has 0 amide bonds. The summed E-state index contributed by atoms with van der Waals surface area (Å²) in [4.78, 5) is 15.2. The summed E-state index contributed by atoms with van der Waals surface area (Å²) >= 11 is -6.27. The predicted molar refractivity (Wildman–Crippen MR) is 345 cm³/mol. The van der Waals surface area contributed by atoms with Crippen LogP contribution in [0.5, 0.6) is 0 Å². The zero-order chi connectivity index (χ0) is 79.0. The van der Waals surface area contributed by atoms with Gasteiger partial charge < -0.3 is 0 Å². The summed E-state index contributed by atoms with van der Waals surface area (Å²) in [5.41, 5.74) is -3.59. The fourth-order valence-corrected chi connectivity index (χ4v) is 20.5. The average molecular weight is 1150 g/mol. The molecule has 0 aliphatic carbocycles. The molecule has 0 saturated carbocycles. The molecule has 0 spiro atoms. The normalized spacial score (nSPS) is 16.8. The summed E-state index contributed by atoms with van der Waals surface area (Å²) in [7, 11) is 0. The van der Waals surface area contributed by atoms with Gasteiger partial charge in [0.2, 0.25) is 0 Å². The third-order valence-electron chi connectivity index (χ3n) is 15.0. The van der Waals surface area contributed by atoms with Crippen LogP contribution in [0.3, 0.4) is 0 Å². The Morgan fingerprint density at radius 2 is 0.892 bits per heavy atom. The van der Waals surface area contributed by atoms with E-state index in [0.29, 0.717) is 38.4 Å². The Hall–Kier alpha value is -10.6. The van der Waals surface area contributed by atoms with Gasteiger partial charge in [0.05, 0.1) is 8.22 Å². The van der Waals surface area contributed by atoms with Crippen LogP contribution >= 0.6 is 0 Å². The monoisotopic (exact) mass is 1150 g/mol. The van der Waals surface area contributed by atoms with Crippen LogP contribution in [0.2, 0.25) is 0 Å². The molecule has 8 heteroatoms. The van der Waals surface area contributed by atoms with E-state index in [1.54, 1.807) is 109 Å². The van der Waals surface area contributed by atoms with Crippen LogP contribution in [0.15, 0.2) is 295 Å². The second-order valence-corrected chi connectivity index (χ2v) is 27.0. The molecule has 388 valence electrons. The number of para-hydroxylation sites is 7. The molecule has 0 saturated heterocycles. The van der Waals surface area contributed by atoms with E-state index in [4.69, 9.17) is 30.3 Å². The zero-order valence-corrected chi connectivity index (χ0v) is 44.7. The van der Waals surface area contributed by atoms with Crippen LogP contribution in [0, 0.1) is 0 Å². The Balaban J connectivity index is 1.06. The molecule has 5 aromatic heterocycles. The minimum absolute atomic E-state index is 0.163. The predicted octanol–water partition coefficient (Wildman–Crippen LogP) is 15.8. The zero-order valence-electron chi connectivity index (χ0n) is 70.6. The number of benzene rings is 12. The fraction of sp³-hybridized carbons (Fsp3) is 0. The molecule has 5 heterocycles. The van der Waals surface area contributed by atoms with Gasteiger partial charge in [0.25, 0.3) is 0 Å². The molecular weight excluding hydrogens is 1070 g/mol. The average Bonchev–Trinajstić information content (AvgIpc) is 1.65. The summed E-state index contributed by atoms with van der Waals surface area (Å²) < 4.78 is 277. The van der Waals surface area contributed by atoms with Crippen LogP contribution in [-0.4, -0.2) is 41.9 Å². The van der Waals surface area contributed by atoms with Crippen LogP contribution in [0.25, 0.3) is 127 Å². The van der Waals surface area contributed by atoms with Crippen molar-refractivity contribution in [2.75, 3.05) is 0 Å². The number of nitrogens with zero attached hydrogens (tertiary/aromatic N) is 6. The van der Waals surface area contributed by atoms with Gasteiger partial charge in [-0.15, -0.1) is 0 Å². The van der Waals surface area contributed by atoms with Crippen molar-refractivity contribution in [2.24, 2.45) is 0 Å². The summed E-state index contributed by atoms with van der Waals surface area (Å²) in [6.45, 7) is 0.